The molecular formula is C14H17FN4O2. The molecule has 0 unspecified atom stereocenters. The molecule has 2 rings (SSSR count). The summed E-state index contributed by atoms with van der Waals surface area (Å²) in [5, 5.41) is 14.2. The van der Waals surface area contributed by atoms with Crippen LogP contribution in [0, 0.1) is 15.9 Å². The van der Waals surface area contributed by atoms with E-state index < -0.39 is 10.7 Å². The maximum Gasteiger partial charge on any atom is 0.274 e. The lowest BCUT2D eigenvalue weighted by Gasteiger charge is -2.05. The van der Waals surface area contributed by atoms with Gasteiger partial charge < -0.3 is 9.88 Å². The van der Waals surface area contributed by atoms with Gasteiger partial charge in [0, 0.05) is 24.8 Å². The average molecular weight is 292 g/mol. The molecule has 1 heterocycles. The molecule has 0 fully saturated rings. The van der Waals surface area contributed by atoms with E-state index in [4.69, 9.17) is 0 Å². The molecule has 0 radical (unpaired) electrons. The Kier molecular flexibility index (Phi) is 4.64. The molecule has 0 aliphatic rings. The third-order valence-corrected chi connectivity index (χ3v) is 2.97. The molecule has 6 nitrogen and oxygen atoms in total. The Bertz CT molecular complexity index is 640. The number of nitro groups is 1. The maximum absolute atomic E-state index is 13.3. The minimum Gasteiger partial charge on any atom is -0.332 e. The summed E-state index contributed by atoms with van der Waals surface area (Å²) in [6.07, 6.45) is 3.38. The van der Waals surface area contributed by atoms with Crippen molar-refractivity contribution in [2.45, 2.75) is 33.0 Å². The highest BCUT2D eigenvalue weighted by Crippen LogP contribution is 2.20. The third-order valence-electron chi connectivity index (χ3n) is 2.97. The van der Waals surface area contributed by atoms with Gasteiger partial charge in [0.1, 0.15) is 5.82 Å². The topological polar surface area (TPSA) is 73.0 Å². The molecular weight excluding hydrogens is 275 g/mol. The van der Waals surface area contributed by atoms with Crippen LogP contribution < -0.4 is 5.32 Å². The number of imidazole rings is 1. The van der Waals surface area contributed by atoms with Gasteiger partial charge in [-0.2, -0.15) is 0 Å². The van der Waals surface area contributed by atoms with Gasteiger partial charge in [0.2, 0.25) is 0 Å². The molecule has 1 N–H and O–H groups in total. The lowest BCUT2D eigenvalue weighted by molar-refractivity contribution is -0.385. The zero-order valence-corrected chi connectivity index (χ0v) is 11.9. The molecule has 1 aromatic carbocycles. The largest absolute Gasteiger partial charge is 0.332 e. The summed E-state index contributed by atoms with van der Waals surface area (Å²) < 4.78 is 15.0. The van der Waals surface area contributed by atoms with Gasteiger partial charge in [0.05, 0.1) is 29.1 Å². The number of benzene rings is 1. The minimum atomic E-state index is -0.507. The van der Waals surface area contributed by atoms with E-state index in [0.29, 0.717) is 18.2 Å². The first-order valence-electron chi connectivity index (χ1n) is 6.62. The second kappa shape index (κ2) is 6.45. The van der Waals surface area contributed by atoms with E-state index in [1.54, 1.807) is 17.1 Å². The van der Waals surface area contributed by atoms with Gasteiger partial charge in [-0.3, -0.25) is 10.1 Å². The quantitative estimate of drug-likeness (QED) is 0.655. The molecule has 0 atom stereocenters. The van der Waals surface area contributed by atoms with Gasteiger partial charge >= 0.3 is 0 Å². The zero-order chi connectivity index (χ0) is 15.4. The molecule has 0 saturated carbocycles. The van der Waals surface area contributed by atoms with Gasteiger partial charge in [-0.25, -0.2) is 9.37 Å². The number of nitrogens with one attached hydrogen (secondary N) is 1. The fourth-order valence-electron chi connectivity index (χ4n) is 1.95. The summed E-state index contributed by atoms with van der Waals surface area (Å²) in [6.45, 7) is 4.90. The number of rotatable bonds is 6. The van der Waals surface area contributed by atoms with Crippen LogP contribution in [0.5, 0.6) is 0 Å². The van der Waals surface area contributed by atoms with Gasteiger partial charge in [0.15, 0.2) is 0 Å². The van der Waals surface area contributed by atoms with Gasteiger partial charge in [-0.1, -0.05) is 13.8 Å². The van der Waals surface area contributed by atoms with Crippen molar-refractivity contribution in [2.75, 3.05) is 0 Å². The molecule has 0 aliphatic heterocycles. The van der Waals surface area contributed by atoms with Crippen molar-refractivity contribution in [1.29, 1.82) is 0 Å². The highest BCUT2D eigenvalue weighted by molar-refractivity contribution is 5.40. The number of nitrogens with zero attached hydrogens (tertiary/aromatic N) is 3. The van der Waals surface area contributed by atoms with Crippen LogP contribution in [0.2, 0.25) is 0 Å². The molecule has 0 amide bonds. The van der Waals surface area contributed by atoms with Crippen molar-refractivity contribution in [3.05, 3.63) is 57.9 Å². The highest BCUT2D eigenvalue weighted by atomic mass is 19.1. The average Bonchev–Trinajstić information content (AvgIpc) is 2.83. The SMILES string of the molecule is CC(C)NCc1cn(Cc2cc(F)ccc2[N+](=O)[O-])cn1. The predicted molar refractivity (Wildman–Crippen MR) is 76.4 cm³/mol. The van der Waals surface area contributed by atoms with Crippen LogP contribution in [0.15, 0.2) is 30.7 Å². The molecule has 112 valence electrons. The first-order valence-corrected chi connectivity index (χ1v) is 6.62. The van der Waals surface area contributed by atoms with Crippen LogP contribution in [-0.2, 0) is 13.1 Å². The van der Waals surface area contributed by atoms with Crippen molar-refractivity contribution in [3.8, 4) is 0 Å². The molecule has 21 heavy (non-hydrogen) atoms. The second-order valence-electron chi connectivity index (χ2n) is 5.10. The molecule has 0 bridgehead atoms. The van der Waals surface area contributed by atoms with Gasteiger partial charge in [-0.15, -0.1) is 0 Å². The highest BCUT2D eigenvalue weighted by Gasteiger charge is 2.15. The third kappa shape index (κ3) is 4.09. The van der Waals surface area contributed by atoms with Crippen molar-refractivity contribution < 1.29 is 9.31 Å². The Labute approximate surface area is 121 Å². The van der Waals surface area contributed by atoms with Crippen molar-refractivity contribution in [2.24, 2.45) is 0 Å². The van der Waals surface area contributed by atoms with E-state index in [2.05, 4.69) is 10.3 Å². The van der Waals surface area contributed by atoms with Crippen molar-refractivity contribution >= 4 is 5.69 Å². The first-order chi connectivity index (χ1) is 9.95. The second-order valence-corrected chi connectivity index (χ2v) is 5.10. The predicted octanol–water partition coefficient (Wildman–Crippen LogP) is 2.48. The monoisotopic (exact) mass is 292 g/mol. The Morgan fingerprint density at radius 1 is 1.48 bits per heavy atom. The van der Waals surface area contributed by atoms with E-state index in [-0.39, 0.29) is 12.2 Å². The number of aromatic nitrogens is 2. The summed E-state index contributed by atoms with van der Waals surface area (Å²) in [6, 6.07) is 3.81. The van der Waals surface area contributed by atoms with Gasteiger partial charge in [0.25, 0.3) is 5.69 Å². The number of hydrogen-bond acceptors (Lipinski definition) is 4. The van der Waals surface area contributed by atoms with Gasteiger partial charge in [-0.05, 0) is 12.1 Å². The first kappa shape index (κ1) is 15.1. The molecule has 0 aliphatic carbocycles. The molecule has 7 heteroatoms. The summed E-state index contributed by atoms with van der Waals surface area (Å²) in [5.41, 5.74) is 1.07. The molecule has 0 spiro atoms. The Morgan fingerprint density at radius 3 is 2.90 bits per heavy atom. The van der Waals surface area contributed by atoms with Crippen molar-refractivity contribution in [3.63, 3.8) is 0 Å². The lowest BCUT2D eigenvalue weighted by Crippen LogP contribution is -2.21. The summed E-state index contributed by atoms with van der Waals surface area (Å²) in [5.74, 6) is -0.489. The number of hydrogen-bond donors (Lipinski definition) is 1. The summed E-state index contributed by atoms with van der Waals surface area (Å²) in [4.78, 5) is 14.7. The standard InChI is InChI=1S/C14H17FN4O2/c1-10(2)16-6-13-8-18(9-17-13)7-11-5-12(15)3-4-14(11)19(20)21/h3-5,8-10,16H,6-7H2,1-2H3. The summed E-state index contributed by atoms with van der Waals surface area (Å²) >= 11 is 0. The van der Waals surface area contributed by atoms with Crippen LogP contribution in [0.25, 0.3) is 0 Å². The molecule has 2 aromatic rings. The Balaban J connectivity index is 2.15. The maximum atomic E-state index is 13.3. The van der Waals surface area contributed by atoms with E-state index in [1.165, 1.54) is 12.1 Å². The number of halogens is 1. The van der Waals surface area contributed by atoms with Crippen LogP contribution >= 0.6 is 0 Å². The van der Waals surface area contributed by atoms with E-state index >= 15 is 0 Å². The van der Waals surface area contributed by atoms with E-state index in [9.17, 15) is 14.5 Å². The van der Waals surface area contributed by atoms with Crippen molar-refractivity contribution in [1.82, 2.24) is 14.9 Å². The lowest BCUT2D eigenvalue weighted by atomic mass is 10.1. The fourth-order valence-corrected chi connectivity index (χ4v) is 1.95. The van der Waals surface area contributed by atoms with Crippen LogP contribution in [0.4, 0.5) is 10.1 Å². The summed E-state index contributed by atoms with van der Waals surface area (Å²) in [7, 11) is 0. The Hall–Kier alpha value is -2.28. The zero-order valence-electron chi connectivity index (χ0n) is 11.9. The smallest absolute Gasteiger partial charge is 0.274 e. The fraction of sp³-hybridized carbons (Fsp3) is 0.357. The number of nitro benzene ring substituents is 1. The molecule has 1 aromatic heterocycles. The minimum absolute atomic E-state index is 0.0908. The van der Waals surface area contributed by atoms with E-state index in [0.717, 1.165) is 11.8 Å². The van der Waals surface area contributed by atoms with Crippen LogP contribution in [-0.4, -0.2) is 20.5 Å². The molecule has 0 saturated heterocycles. The van der Waals surface area contributed by atoms with Crippen LogP contribution in [0.3, 0.4) is 0 Å². The van der Waals surface area contributed by atoms with Crippen LogP contribution in [0.1, 0.15) is 25.1 Å². The van der Waals surface area contributed by atoms with E-state index in [1.807, 2.05) is 13.8 Å². The Morgan fingerprint density at radius 2 is 2.24 bits per heavy atom. The normalized spacial score (nSPS) is 11.0.